The van der Waals surface area contributed by atoms with E-state index in [-0.39, 0.29) is 22.4 Å². The van der Waals surface area contributed by atoms with Gasteiger partial charge in [0.05, 0.1) is 5.69 Å². The second-order valence-electron chi connectivity index (χ2n) is 7.80. The Morgan fingerprint density at radius 2 is 1.83 bits per heavy atom. The zero-order valence-electron chi connectivity index (χ0n) is 15.3. The minimum atomic E-state index is -0.297. The molecule has 0 radical (unpaired) electrons. The number of hydrogen-bond acceptors (Lipinski definition) is 3. The van der Waals surface area contributed by atoms with Gasteiger partial charge in [-0.3, -0.25) is 9.59 Å². The Hall–Kier alpha value is -1.65. The topological polar surface area (TPSA) is 55.2 Å². The maximum atomic E-state index is 12.9. The first-order valence-corrected chi connectivity index (χ1v) is 8.46. The van der Waals surface area contributed by atoms with Crippen molar-refractivity contribution in [1.29, 1.82) is 0 Å². The highest BCUT2D eigenvalue weighted by molar-refractivity contribution is 5.95. The molecule has 2 rings (SSSR count). The quantitative estimate of drug-likeness (QED) is 0.799. The van der Waals surface area contributed by atoms with E-state index < -0.39 is 0 Å². The minimum Gasteiger partial charge on any atom is -0.338 e. The summed E-state index contributed by atoms with van der Waals surface area (Å²) in [6.45, 7) is 11.9. The fourth-order valence-corrected chi connectivity index (χ4v) is 3.42. The average molecular weight is 319 g/mol. The van der Waals surface area contributed by atoms with Crippen molar-refractivity contribution in [1.82, 2.24) is 14.7 Å². The minimum absolute atomic E-state index is 0.136. The SMILES string of the molecule is Cc1nn(C)c(=O)c(C(=O)N2CCC[C@@H](C(C)(C)C)CC2)c1C. The molecule has 1 amide bonds. The molecule has 1 aliphatic rings. The van der Waals surface area contributed by atoms with Crippen LogP contribution in [0.25, 0.3) is 0 Å². The molecule has 1 aromatic heterocycles. The second-order valence-corrected chi connectivity index (χ2v) is 7.80. The van der Waals surface area contributed by atoms with E-state index in [1.165, 1.54) is 4.68 Å². The highest BCUT2D eigenvalue weighted by Crippen LogP contribution is 2.34. The van der Waals surface area contributed by atoms with Crippen molar-refractivity contribution in [3.8, 4) is 0 Å². The third kappa shape index (κ3) is 3.65. The molecule has 5 heteroatoms. The Kier molecular flexibility index (Phi) is 4.97. The average Bonchev–Trinajstić information content (AvgIpc) is 2.71. The fraction of sp³-hybridized carbons (Fsp3) is 0.722. The van der Waals surface area contributed by atoms with E-state index >= 15 is 0 Å². The molecule has 0 aromatic carbocycles. The fourth-order valence-electron chi connectivity index (χ4n) is 3.42. The van der Waals surface area contributed by atoms with Gasteiger partial charge in [-0.1, -0.05) is 20.8 Å². The Bertz CT molecular complexity index is 655. The summed E-state index contributed by atoms with van der Waals surface area (Å²) in [5.74, 6) is 0.478. The van der Waals surface area contributed by atoms with Gasteiger partial charge < -0.3 is 4.90 Å². The molecular weight excluding hydrogens is 290 g/mol. The van der Waals surface area contributed by atoms with Crippen LogP contribution in [0, 0.1) is 25.2 Å². The summed E-state index contributed by atoms with van der Waals surface area (Å²) < 4.78 is 1.27. The van der Waals surface area contributed by atoms with Gasteiger partial charge in [0.15, 0.2) is 0 Å². The molecule has 1 fully saturated rings. The van der Waals surface area contributed by atoms with Crippen LogP contribution in [0.5, 0.6) is 0 Å². The molecule has 1 aromatic rings. The standard InChI is InChI=1S/C18H29N3O2/c1-12-13(2)19-20(6)16(22)15(12)17(23)21-10-7-8-14(9-11-21)18(3,4)5/h14H,7-11H2,1-6H3/t14-/m1/s1. The third-order valence-electron chi connectivity index (χ3n) is 5.18. The molecule has 0 N–H and O–H groups in total. The van der Waals surface area contributed by atoms with Gasteiger partial charge in [-0.2, -0.15) is 5.10 Å². The van der Waals surface area contributed by atoms with E-state index in [2.05, 4.69) is 25.9 Å². The van der Waals surface area contributed by atoms with Crippen LogP contribution >= 0.6 is 0 Å². The van der Waals surface area contributed by atoms with E-state index in [0.717, 1.165) is 38.0 Å². The van der Waals surface area contributed by atoms with Crippen molar-refractivity contribution in [3.05, 3.63) is 27.2 Å². The van der Waals surface area contributed by atoms with Gasteiger partial charge >= 0.3 is 0 Å². The van der Waals surface area contributed by atoms with Crippen LogP contribution in [-0.2, 0) is 7.05 Å². The predicted octanol–water partition coefficient (Wildman–Crippen LogP) is 2.69. The maximum Gasteiger partial charge on any atom is 0.279 e. The number of rotatable bonds is 1. The van der Waals surface area contributed by atoms with E-state index in [4.69, 9.17) is 0 Å². The molecule has 23 heavy (non-hydrogen) atoms. The van der Waals surface area contributed by atoms with E-state index in [0.29, 0.717) is 11.5 Å². The lowest BCUT2D eigenvalue weighted by atomic mass is 9.77. The van der Waals surface area contributed by atoms with Gasteiger partial charge in [-0.15, -0.1) is 0 Å². The lowest BCUT2D eigenvalue weighted by Gasteiger charge is -2.29. The summed E-state index contributed by atoms with van der Waals surface area (Å²) in [5, 5.41) is 4.16. The summed E-state index contributed by atoms with van der Waals surface area (Å²) in [6, 6.07) is 0. The number of nitrogens with zero attached hydrogens (tertiary/aromatic N) is 3. The third-order valence-corrected chi connectivity index (χ3v) is 5.18. The lowest BCUT2D eigenvalue weighted by molar-refractivity contribution is 0.0752. The number of hydrogen-bond donors (Lipinski definition) is 0. The summed E-state index contributed by atoms with van der Waals surface area (Å²) in [4.78, 5) is 27.2. The summed E-state index contributed by atoms with van der Waals surface area (Å²) >= 11 is 0. The van der Waals surface area contributed by atoms with Gasteiger partial charge in [0.1, 0.15) is 5.56 Å². The van der Waals surface area contributed by atoms with Crippen LogP contribution < -0.4 is 5.56 Å². The van der Waals surface area contributed by atoms with E-state index in [1.807, 2.05) is 18.7 Å². The van der Waals surface area contributed by atoms with E-state index in [1.54, 1.807) is 7.05 Å². The van der Waals surface area contributed by atoms with Crippen LogP contribution in [0.2, 0.25) is 0 Å². The molecular formula is C18H29N3O2. The first-order chi connectivity index (χ1) is 10.6. The normalized spacial score (nSPS) is 19.6. The van der Waals surface area contributed by atoms with Gasteiger partial charge in [-0.25, -0.2) is 4.68 Å². The summed E-state index contributed by atoms with van der Waals surface area (Å²) in [6.07, 6.45) is 3.13. The number of likely N-dealkylation sites (tertiary alicyclic amines) is 1. The zero-order valence-corrected chi connectivity index (χ0v) is 15.3. The molecule has 1 saturated heterocycles. The van der Waals surface area contributed by atoms with Crippen LogP contribution in [-0.4, -0.2) is 33.7 Å². The van der Waals surface area contributed by atoms with Crippen molar-refractivity contribution in [2.24, 2.45) is 18.4 Å². The highest BCUT2D eigenvalue weighted by atomic mass is 16.2. The monoisotopic (exact) mass is 319 g/mol. The molecule has 0 spiro atoms. The maximum absolute atomic E-state index is 12.9. The van der Waals surface area contributed by atoms with Crippen molar-refractivity contribution >= 4 is 5.91 Å². The van der Waals surface area contributed by atoms with Crippen molar-refractivity contribution in [2.45, 2.75) is 53.9 Å². The lowest BCUT2D eigenvalue weighted by Crippen LogP contribution is -2.39. The number of carbonyl (C=O) groups is 1. The molecule has 0 aliphatic carbocycles. The summed E-state index contributed by atoms with van der Waals surface area (Å²) in [7, 11) is 1.60. The number of aromatic nitrogens is 2. The molecule has 5 nitrogen and oxygen atoms in total. The van der Waals surface area contributed by atoms with Gasteiger partial charge in [0.25, 0.3) is 11.5 Å². The molecule has 2 heterocycles. The number of aryl methyl sites for hydroxylation is 2. The van der Waals surface area contributed by atoms with Gasteiger partial charge in [0.2, 0.25) is 0 Å². The van der Waals surface area contributed by atoms with E-state index in [9.17, 15) is 9.59 Å². The number of carbonyl (C=O) groups excluding carboxylic acids is 1. The zero-order chi connectivity index (χ0) is 17.4. The van der Waals surface area contributed by atoms with Crippen LogP contribution in [0.4, 0.5) is 0 Å². The van der Waals surface area contributed by atoms with Crippen molar-refractivity contribution in [2.75, 3.05) is 13.1 Å². The molecule has 128 valence electrons. The van der Waals surface area contributed by atoms with Crippen LogP contribution in [0.1, 0.15) is 61.6 Å². The second kappa shape index (κ2) is 6.46. The first kappa shape index (κ1) is 17.7. The molecule has 0 saturated carbocycles. The van der Waals surface area contributed by atoms with Crippen LogP contribution in [0.3, 0.4) is 0 Å². The van der Waals surface area contributed by atoms with Gasteiger partial charge in [-0.05, 0) is 50.0 Å². The molecule has 0 bridgehead atoms. The van der Waals surface area contributed by atoms with Crippen molar-refractivity contribution < 1.29 is 4.79 Å². The molecule has 1 aliphatic heterocycles. The smallest absolute Gasteiger partial charge is 0.279 e. The predicted molar refractivity (Wildman–Crippen MR) is 91.7 cm³/mol. The Balaban J connectivity index is 2.27. The van der Waals surface area contributed by atoms with Gasteiger partial charge in [0, 0.05) is 20.1 Å². The van der Waals surface area contributed by atoms with Crippen LogP contribution in [0.15, 0.2) is 4.79 Å². The summed E-state index contributed by atoms with van der Waals surface area (Å²) in [5.41, 5.74) is 1.69. The molecule has 1 atom stereocenters. The molecule has 0 unspecified atom stereocenters. The Morgan fingerprint density at radius 3 is 2.43 bits per heavy atom. The first-order valence-electron chi connectivity index (χ1n) is 8.46. The Labute approximate surface area is 138 Å². The number of amides is 1. The largest absolute Gasteiger partial charge is 0.338 e. The Morgan fingerprint density at radius 1 is 1.17 bits per heavy atom. The van der Waals surface area contributed by atoms with Crippen molar-refractivity contribution in [3.63, 3.8) is 0 Å². The highest BCUT2D eigenvalue weighted by Gasteiger charge is 2.30.